The Balaban J connectivity index is 2.04. The minimum Gasteiger partial charge on any atom is -0.398 e. The molecule has 1 aromatic heterocycles. The van der Waals surface area contributed by atoms with Crippen molar-refractivity contribution < 1.29 is 26.0 Å². The number of sulfonamides is 1. The number of hydrogen-bond donors (Lipinski definition) is 2. The van der Waals surface area contributed by atoms with Gasteiger partial charge in [-0.1, -0.05) is 23.2 Å². The third kappa shape index (κ3) is 4.94. The van der Waals surface area contributed by atoms with Crippen molar-refractivity contribution in [2.24, 2.45) is 0 Å². The third-order valence-electron chi connectivity index (χ3n) is 4.57. The van der Waals surface area contributed by atoms with Gasteiger partial charge in [0.1, 0.15) is 16.8 Å². The molecule has 1 unspecified atom stereocenters. The van der Waals surface area contributed by atoms with Crippen LogP contribution in [0.25, 0.3) is 10.9 Å². The molecule has 6 nitrogen and oxygen atoms in total. The first-order chi connectivity index (χ1) is 14.8. The van der Waals surface area contributed by atoms with Gasteiger partial charge in [-0.05, 0) is 35.9 Å². The highest BCUT2D eigenvalue weighted by Crippen LogP contribution is 2.33. The van der Waals surface area contributed by atoms with E-state index in [1.165, 1.54) is 12.3 Å². The van der Waals surface area contributed by atoms with Crippen molar-refractivity contribution in [2.45, 2.75) is 30.1 Å². The number of nitriles is 1. The van der Waals surface area contributed by atoms with E-state index in [9.17, 15) is 26.0 Å². The maximum absolute atomic E-state index is 13.8. The molecule has 0 aliphatic rings. The quantitative estimate of drug-likeness (QED) is 0.373. The minimum atomic E-state index is -5.01. The zero-order valence-corrected chi connectivity index (χ0v) is 18.2. The molecule has 32 heavy (non-hydrogen) atoms. The van der Waals surface area contributed by atoms with Gasteiger partial charge in [0.05, 0.1) is 23.2 Å². The SMILES string of the molecule is N#CCc1cn(CC(NS(=O)(=O)c2c(N)cc(Cl)cc2Cl)C(F)(F)F)c2ccc(F)cc12. The second kappa shape index (κ2) is 8.78. The molecule has 3 rings (SSSR count). The van der Waals surface area contributed by atoms with Crippen molar-refractivity contribution in [1.82, 2.24) is 9.29 Å². The average Bonchev–Trinajstić information content (AvgIpc) is 2.96. The highest BCUT2D eigenvalue weighted by atomic mass is 35.5. The Morgan fingerprint density at radius 1 is 1.22 bits per heavy atom. The zero-order chi connectivity index (χ0) is 23.8. The molecule has 1 atom stereocenters. The number of rotatable bonds is 6. The number of nitrogens with zero attached hydrogens (tertiary/aromatic N) is 2. The minimum absolute atomic E-state index is 0.00915. The van der Waals surface area contributed by atoms with Crippen molar-refractivity contribution in [3.8, 4) is 6.07 Å². The molecule has 3 N–H and O–H groups in total. The second-order valence-electron chi connectivity index (χ2n) is 6.82. The van der Waals surface area contributed by atoms with Crippen LogP contribution >= 0.6 is 23.2 Å². The molecule has 0 radical (unpaired) electrons. The lowest BCUT2D eigenvalue weighted by Crippen LogP contribution is -2.48. The van der Waals surface area contributed by atoms with Crippen LogP contribution in [0.1, 0.15) is 5.56 Å². The highest BCUT2D eigenvalue weighted by molar-refractivity contribution is 7.89. The summed E-state index contributed by atoms with van der Waals surface area (Å²) in [6.45, 7) is -0.887. The number of benzene rings is 2. The molecular weight excluding hydrogens is 495 g/mol. The van der Waals surface area contributed by atoms with Gasteiger partial charge in [-0.2, -0.15) is 23.2 Å². The normalized spacial score (nSPS) is 13.3. The van der Waals surface area contributed by atoms with Crippen molar-refractivity contribution in [1.29, 1.82) is 5.26 Å². The summed E-state index contributed by atoms with van der Waals surface area (Å²) < 4.78 is 83.2. The number of halogens is 6. The van der Waals surface area contributed by atoms with Gasteiger partial charge < -0.3 is 10.3 Å². The fourth-order valence-corrected chi connectivity index (χ4v) is 5.43. The molecular formula is C19H14Cl2F4N4O2S. The number of hydrogen-bond acceptors (Lipinski definition) is 4. The number of fused-ring (bicyclic) bond motifs is 1. The van der Waals surface area contributed by atoms with Crippen LogP contribution in [0.4, 0.5) is 23.2 Å². The molecule has 2 aromatic carbocycles. The van der Waals surface area contributed by atoms with Crippen LogP contribution in [0.2, 0.25) is 10.0 Å². The van der Waals surface area contributed by atoms with E-state index in [1.54, 1.807) is 4.72 Å². The van der Waals surface area contributed by atoms with Crippen molar-refractivity contribution in [3.05, 3.63) is 58.0 Å². The first-order valence-corrected chi connectivity index (χ1v) is 11.0. The van der Waals surface area contributed by atoms with Gasteiger partial charge >= 0.3 is 6.18 Å². The molecule has 13 heteroatoms. The third-order valence-corrected chi connectivity index (χ3v) is 6.79. The number of nitrogen functional groups attached to an aromatic ring is 1. The van der Waals surface area contributed by atoms with E-state index in [4.69, 9.17) is 34.2 Å². The highest BCUT2D eigenvalue weighted by Gasteiger charge is 2.43. The Labute approximate surface area is 190 Å². The molecule has 0 aliphatic heterocycles. The van der Waals surface area contributed by atoms with E-state index < -0.39 is 50.2 Å². The first-order valence-electron chi connectivity index (χ1n) is 8.81. The summed E-state index contributed by atoms with van der Waals surface area (Å²) >= 11 is 11.6. The van der Waals surface area contributed by atoms with Crippen LogP contribution in [-0.2, 0) is 23.0 Å². The monoisotopic (exact) mass is 508 g/mol. The zero-order valence-electron chi connectivity index (χ0n) is 15.9. The van der Waals surface area contributed by atoms with Crippen LogP contribution in [0.5, 0.6) is 0 Å². The molecule has 0 amide bonds. The van der Waals surface area contributed by atoms with Crippen LogP contribution < -0.4 is 10.5 Å². The van der Waals surface area contributed by atoms with E-state index >= 15 is 0 Å². The Morgan fingerprint density at radius 3 is 2.50 bits per heavy atom. The number of alkyl halides is 3. The van der Waals surface area contributed by atoms with E-state index in [0.717, 1.165) is 28.8 Å². The second-order valence-corrected chi connectivity index (χ2v) is 9.32. The average molecular weight is 509 g/mol. The fourth-order valence-electron chi connectivity index (χ4n) is 3.23. The summed E-state index contributed by atoms with van der Waals surface area (Å²) in [5.41, 5.74) is 5.71. The Hall–Kier alpha value is -2.52. The maximum Gasteiger partial charge on any atom is 0.406 e. The van der Waals surface area contributed by atoms with Crippen molar-refractivity contribution in [3.63, 3.8) is 0 Å². The molecule has 0 aliphatic carbocycles. The van der Waals surface area contributed by atoms with Gasteiger partial charge in [-0.15, -0.1) is 0 Å². The summed E-state index contributed by atoms with van der Waals surface area (Å²) in [6.07, 6.45) is -3.93. The van der Waals surface area contributed by atoms with Crippen LogP contribution in [0, 0.1) is 17.1 Å². The first kappa shape index (κ1) is 24.1. The predicted octanol–water partition coefficient (Wildman–Crippen LogP) is 4.64. The van der Waals surface area contributed by atoms with Crippen molar-refractivity contribution in [2.75, 3.05) is 5.73 Å². The number of aromatic nitrogens is 1. The smallest absolute Gasteiger partial charge is 0.398 e. The largest absolute Gasteiger partial charge is 0.406 e. The number of nitrogens with one attached hydrogen (secondary N) is 1. The van der Waals surface area contributed by atoms with E-state index in [-0.39, 0.29) is 22.3 Å². The van der Waals surface area contributed by atoms with Gasteiger partial charge in [0.25, 0.3) is 0 Å². The molecule has 0 spiro atoms. The van der Waals surface area contributed by atoms with Crippen LogP contribution in [0.3, 0.4) is 0 Å². The molecule has 170 valence electrons. The Kier molecular flexibility index (Phi) is 6.62. The maximum atomic E-state index is 13.8. The van der Waals surface area contributed by atoms with Gasteiger partial charge in [0.2, 0.25) is 10.0 Å². The Bertz CT molecular complexity index is 1310. The van der Waals surface area contributed by atoms with E-state index in [2.05, 4.69) is 0 Å². The fraction of sp³-hybridized carbons (Fsp3) is 0.211. The van der Waals surface area contributed by atoms with Gasteiger partial charge in [0, 0.05) is 28.7 Å². The summed E-state index contributed by atoms with van der Waals surface area (Å²) in [5, 5.41) is 8.78. The van der Waals surface area contributed by atoms with E-state index in [0.29, 0.717) is 5.56 Å². The summed E-state index contributed by atoms with van der Waals surface area (Å²) in [5.74, 6) is -0.629. The van der Waals surface area contributed by atoms with Gasteiger partial charge in [0.15, 0.2) is 0 Å². The lowest BCUT2D eigenvalue weighted by atomic mass is 10.1. The summed E-state index contributed by atoms with van der Waals surface area (Å²) in [6, 6.07) is 4.76. The predicted molar refractivity (Wildman–Crippen MR) is 112 cm³/mol. The van der Waals surface area contributed by atoms with Gasteiger partial charge in [-0.3, -0.25) is 0 Å². The molecule has 3 aromatic rings. The molecule has 0 saturated heterocycles. The molecule has 1 heterocycles. The molecule has 0 bridgehead atoms. The number of nitrogens with two attached hydrogens (primary N) is 1. The van der Waals surface area contributed by atoms with Crippen molar-refractivity contribution >= 4 is 49.8 Å². The van der Waals surface area contributed by atoms with E-state index in [1.807, 2.05) is 6.07 Å². The standard InChI is InChI=1S/C19H14Cl2F4N4O2S/c20-11-5-14(21)18(15(27)6-11)32(30,31)28-17(19(23,24)25)9-29-8-10(3-4-26)13-7-12(22)1-2-16(13)29/h1-2,5-8,17,28H,3,9,27H2. The topological polar surface area (TPSA) is 101 Å². The number of anilines is 1. The lowest BCUT2D eigenvalue weighted by Gasteiger charge is -2.23. The van der Waals surface area contributed by atoms with Crippen LogP contribution in [0.15, 0.2) is 41.4 Å². The van der Waals surface area contributed by atoms with Gasteiger partial charge in [-0.25, -0.2) is 12.8 Å². The Morgan fingerprint density at radius 2 is 1.91 bits per heavy atom. The molecule has 0 saturated carbocycles. The summed E-state index contributed by atoms with van der Waals surface area (Å²) in [7, 11) is -4.82. The lowest BCUT2D eigenvalue weighted by molar-refractivity contribution is -0.154. The molecule has 0 fully saturated rings. The van der Waals surface area contributed by atoms with Crippen LogP contribution in [-0.4, -0.2) is 25.2 Å². The summed E-state index contributed by atoms with van der Waals surface area (Å²) in [4.78, 5) is -0.734.